The minimum absolute atomic E-state index is 0.198. The van der Waals surface area contributed by atoms with Crippen LogP contribution in [0.3, 0.4) is 0 Å². The van der Waals surface area contributed by atoms with Gasteiger partial charge in [0.05, 0.1) is 0 Å². The molecule has 0 aromatic rings. The zero-order chi connectivity index (χ0) is 14.3. The number of hydrogen-bond acceptors (Lipinski definition) is 1. The fraction of sp³-hybridized carbons (Fsp3) is 1.00. The number of rotatable bonds is 2. The van der Waals surface area contributed by atoms with Crippen molar-refractivity contribution in [2.45, 2.75) is 57.6 Å². The predicted octanol–water partition coefficient (Wildman–Crippen LogP) is 3.00. The van der Waals surface area contributed by atoms with E-state index in [1.165, 1.54) is 0 Å². The molecule has 15 heavy (non-hydrogen) atoms. The van der Waals surface area contributed by atoms with Crippen LogP contribution in [-0.2, 0) is 0 Å². The molecule has 0 radical (unpaired) electrons. The minimum atomic E-state index is -1.70. The molecule has 0 aromatic heterocycles. The quantitative estimate of drug-likeness (QED) is 0.684. The maximum absolute atomic E-state index is 13.8. The van der Waals surface area contributed by atoms with E-state index in [0.29, 0.717) is 19.4 Å². The largest absolute Gasteiger partial charge is 0.297 e. The van der Waals surface area contributed by atoms with E-state index in [4.69, 9.17) is 5.48 Å². The van der Waals surface area contributed by atoms with E-state index in [-0.39, 0.29) is 12.3 Å². The number of nitrogens with zero attached hydrogens (tertiary/aromatic N) is 1. The number of halogens is 1. The van der Waals surface area contributed by atoms with Crippen molar-refractivity contribution in [3.8, 4) is 0 Å². The summed E-state index contributed by atoms with van der Waals surface area (Å²) in [6, 6.07) is 0. The molecule has 2 heteroatoms. The molecule has 0 bridgehead atoms. The van der Waals surface area contributed by atoms with Crippen molar-refractivity contribution in [3.05, 3.63) is 0 Å². The summed E-state index contributed by atoms with van der Waals surface area (Å²) < 4.78 is 47.5. The van der Waals surface area contributed by atoms with Gasteiger partial charge in [0.1, 0.15) is 6.17 Å². The Hall–Kier alpha value is -0.110. The molecule has 0 N–H and O–H groups in total. The van der Waals surface area contributed by atoms with E-state index in [2.05, 4.69) is 0 Å². The maximum atomic E-state index is 13.8. The Morgan fingerprint density at radius 2 is 2.40 bits per heavy atom. The van der Waals surface area contributed by atoms with Crippen LogP contribution in [0.25, 0.3) is 0 Å². The van der Waals surface area contributed by atoms with Gasteiger partial charge in [0.2, 0.25) is 0 Å². The fourth-order valence-electron chi connectivity index (χ4n) is 3.35. The van der Waals surface area contributed by atoms with Crippen LogP contribution in [0.2, 0.25) is 0 Å². The van der Waals surface area contributed by atoms with Gasteiger partial charge in [-0.05, 0) is 44.5 Å². The Bertz CT molecular complexity index is 413. The number of alkyl halides is 1. The molecule has 0 amide bonds. The first kappa shape index (κ1) is 6.58. The van der Waals surface area contributed by atoms with Crippen molar-refractivity contribution >= 4 is 0 Å². The summed E-state index contributed by atoms with van der Waals surface area (Å²) in [6.07, 6.45) is -0.549. The molecular weight excluding hydrogens is 189 g/mol. The summed E-state index contributed by atoms with van der Waals surface area (Å²) in [5, 5.41) is 0. The Balaban J connectivity index is 2.07. The van der Waals surface area contributed by atoms with Crippen LogP contribution in [0.15, 0.2) is 0 Å². The SMILES string of the molecule is [2H]C1([2H])N2CCC[C@@]2(C([2H])([2H])C(C)C)C[C@@]12C[C@@H]2F. The molecule has 1 nitrogen and oxygen atoms in total. The molecule has 2 saturated heterocycles. The van der Waals surface area contributed by atoms with Crippen LogP contribution in [0.5, 0.6) is 0 Å². The maximum Gasteiger partial charge on any atom is 0.108 e. The molecule has 3 atom stereocenters. The van der Waals surface area contributed by atoms with Crippen molar-refractivity contribution in [3.63, 3.8) is 0 Å². The molecule has 3 rings (SSSR count). The highest BCUT2D eigenvalue weighted by atomic mass is 19.1. The van der Waals surface area contributed by atoms with Gasteiger partial charge in [-0.3, -0.25) is 4.90 Å². The van der Waals surface area contributed by atoms with Gasteiger partial charge in [0, 0.05) is 22.9 Å². The zero-order valence-electron chi connectivity index (χ0n) is 13.5. The third-order valence-corrected chi connectivity index (χ3v) is 3.99. The van der Waals surface area contributed by atoms with Crippen molar-refractivity contribution < 1.29 is 9.87 Å². The molecular formula is C13H22FN. The number of hydrogen-bond donors (Lipinski definition) is 0. The van der Waals surface area contributed by atoms with Crippen LogP contribution in [0.4, 0.5) is 4.39 Å². The van der Waals surface area contributed by atoms with Gasteiger partial charge in [-0.25, -0.2) is 4.39 Å². The second-order valence-electron chi connectivity index (χ2n) is 5.70. The molecule has 0 unspecified atom stereocenters. The molecule has 1 spiro atoms. The molecule has 2 heterocycles. The summed E-state index contributed by atoms with van der Waals surface area (Å²) >= 11 is 0. The highest BCUT2D eigenvalue weighted by Gasteiger charge is 2.66. The highest BCUT2D eigenvalue weighted by Crippen LogP contribution is 2.63. The molecule has 3 aliphatic rings. The molecule has 3 fully saturated rings. The average molecular weight is 215 g/mol. The van der Waals surface area contributed by atoms with Crippen LogP contribution >= 0.6 is 0 Å². The van der Waals surface area contributed by atoms with E-state index in [9.17, 15) is 4.39 Å². The molecule has 0 aromatic carbocycles. The van der Waals surface area contributed by atoms with Gasteiger partial charge in [-0.2, -0.15) is 0 Å². The van der Waals surface area contributed by atoms with Crippen LogP contribution in [0.1, 0.15) is 51.4 Å². The van der Waals surface area contributed by atoms with Gasteiger partial charge in [0.15, 0.2) is 0 Å². The Morgan fingerprint density at radius 1 is 1.67 bits per heavy atom. The van der Waals surface area contributed by atoms with Crippen molar-refractivity contribution in [2.24, 2.45) is 11.3 Å². The molecule has 2 aliphatic heterocycles. The second-order valence-corrected chi connectivity index (χ2v) is 5.70. The lowest BCUT2D eigenvalue weighted by molar-refractivity contribution is 0.163. The average Bonchev–Trinajstić information content (AvgIpc) is 2.70. The third kappa shape index (κ3) is 1.37. The minimum Gasteiger partial charge on any atom is -0.297 e. The second kappa shape index (κ2) is 2.97. The number of fused-ring (bicyclic) bond motifs is 1. The topological polar surface area (TPSA) is 3.24 Å². The van der Waals surface area contributed by atoms with Gasteiger partial charge >= 0.3 is 0 Å². The summed E-state index contributed by atoms with van der Waals surface area (Å²) in [5.74, 6) is -0.198. The molecule has 1 aliphatic carbocycles. The molecule has 1 saturated carbocycles. The van der Waals surface area contributed by atoms with Gasteiger partial charge in [0.25, 0.3) is 0 Å². The van der Waals surface area contributed by atoms with Crippen LogP contribution in [-0.4, -0.2) is 29.7 Å². The van der Waals surface area contributed by atoms with E-state index in [0.717, 1.165) is 6.42 Å². The first-order valence-corrected chi connectivity index (χ1v) is 6.04. The first-order valence-electron chi connectivity index (χ1n) is 8.04. The van der Waals surface area contributed by atoms with E-state index >= 15 is 0 Å². The normalized spacial score (nSPS) is 57.5. The van der Waals surface area contributed by atoms with Crippen LogP contribution < -0.4 is 0 Å². The van der Waals surface area contributed by atoms with Gasteiger partial charge in [-0.15, -0.1) is 0 Å². The monoisotopic (exact) mass is 215 g/mol. The third-order valence-electron chi connectivity index (χ3n) is 3.99. The van der Waals surface area contributed by atoms with Gasteiger partial charge < -0.3 is 0 Å². The summed E-state index contributed by atoms with van der Waals surface area (Å²) in [4.78, 5) is 1.67. The van der Waals surface area contributed by atoms with Crippen LogP contribution in [0, 0.1) is 11.3 Å². The Kier molecular flexibility index (Phi) is 1.30. The summed E-state index contributed by atoms with van der Waals surface area (Å²) in [7, 11) is 0. The summed E-state index contributed by atoms with van der Waals surface area (Å²) in [6.45, 7) is 2.52. The smallest absolute Gasteiger partial charge is 0.108 e. The van der Waals surface area contributed by atoms with Crippen molar-refractivity contribution in [2.75, 3.05) is 13.0 Å². The Morgan fingerprint density at radius 3 is 3.00 bits per heavy atom. The lowest BCUT2D eigenvalue weighted by atomic mass is 9.82. The highest BCUT2D eigenvalue weighted by molar-refractivity contribution is 5.18. The summed E-state index contributed by atoms with van der Waals surface area (Å²) in [5.41, 5.74) is -1.76. The van der Waals surface area contributed by atoms with Gasteiger partial charge in [-0.1, -0.05) is 13.8 Å². The van der Waals surface area contributed by atoms with E-state index in [1.807, 2.05) is 13.8 Å². The standard InChI is InChI=1S/C13H22FN/c1-10(2)6-13-4-3-5-15(13)9-12(8-13)7-11(12)14/h10-11H,3-9H2,1-2H3/t11-,12-,13+/m0/s1/i6D2,9D2. The predicted molar refractivity (Wildman–Crippen MR) is 59.6 cm³/mol. The first-order chi connectivity index (χ1) is 8.62. The zero-order valence-corrected chi connectivity index (χ0v) is 9.52. The molecule has 86 valence electrons. The lowest BCUT2D eigenvalue weighted by Crippen LogP contribution is -2.39. The van der Waals surface area contributed by atoms with E-state index in [1.54, 1.807) is 4.90 Å². The van der Waals surface area contributed by atoms with E-state index < -0.39 is 30.0 Å². The van der Waals surface area contributed by atoms with Crippen molar-refractivity contribution in [1.29, 1.82) is 0 Å². The van der Waals surface area contributed by atoms with Crippen molar-refractivity contribution in [1.82, 2.24) is 4.90 Å². The lowest BCUT2D eigenvalue weighted by Gasteiger charge is -2.33. The Labute approximate surface area is 97.6 Å². The fourth-order valence-corrected chi connectivity index (χ4v) is 3.35.